The van der Waals surface area contributed by atoms with Crippen molar-refractivity contribution in [3.8, 4) is 34.1 Å². The van der Waals surface area contributed by atoms with Crippen molar-refractivity contribution in [3.63, 3.8) is 0 Å². The molecule has 214 valence electrons. The molecule has 11 nitrogen and oxygen atoms in total. The van der Waals surface area contributed by atoms with Crippen LogP contribution in [0.5, 0.6) is 0 Å². The Labute approximate surface area is 244 Å². The molecule has 0 aliphatic heterocycles. The Morgan fingerprint density at radius 1 is 0.857 bits per heavy atom. The second-order valence-electron chi connectivity index (χ2n) is 11.0. The van der Waals surface area contributed by atoms with E-state index in [1.807, 2.05) is 82.3 Å². The van der Waals surface area contributed by atoms with Gasteiger partial charge < -0.3 is 14.2 Å². The first-order chi connectivity index (χ1) is 20.2. The molecule has 42 heavy (non-hydrogen) atoms. The van der Waals surface area contributed by atoms with Gasteiger partial charge in [-0.1, -0.05) is 17.2 Å². The van der Waals surface area contributed by atoms with Crippen LogP contribution in [0.25, 0.3) is 39.7 Å². The molecule has 0 N–H and O–H groups in total. The molecule has 0 saturated carbocycles. The average molecular weight is 563 g/mol. The van der Waals surface area contributed by atoms with E-state index in [0.29, 0.717) is 24.1 Å². The van der Waals surface area contributed by atoms with Gasteiger partial charge in [-0.3, -0.25) is 19.1 Å². The molecule has 0 bridgehead atoms. The fourth-order valence-electron chi connectivity index (χ4n) is 5.28. The standard InChI is InChI=1S/C31H34N10O/c1-19-12-24(28-20(2)37-40(7)21(28)3)14-34-29(19)30-35-36-31(42-30)39(6)17-23-9-11-27-33-15-26(41(27)18-23)25-10-8-22(13-32-25)16-38(4)5/h8-15,18H,16-17H2,1-7H3. The predicted molar refractivity (Wildman–Crippen MR) is 162 cm³/mol. The highest BCUT2D eigenvalue weighted by molar-refractivity contribution is 5.70. The van der Waals surface area contributed by atoms with Gasteiger partial charge in [0.25, 0.3) is 5.89 Å². The number of anilines is 1. The van der Waals surface area contributed by atoms with Crippen LogP contribution in [0.15, 0.2) is 59.5 Å². The Morgan fingerprint density at radius 3 is 2.36 bits per heavy atom. The van der Waals surface area contributed by atoms with Crippen molar-refractivity contribution in [2.45, 2.75) is 33.9 Å². The number of hydrogen-bond acceptors (Lipinski definition) is 9. The summed E-state index contributed by atoms with van der Waals surface area (Å²) in [5, 5.41) is 13.2. The first kappa shape index (κ1) is 27.3. The lowest BCUT2D eigenvalue weighted by Gasteiger charge is -2.14. The first-order valence-electron chi connectivity index (χ1n) is 13.8. The molecule has 0 unspecified atom stereocenters. The molecular formula is C31H34N10O. The summed E-state index contributed by atoms with van der Waals surface area (Å²) < 4.78 is 10.0. The van der Waals surface area contributed by atoms with Crippen molar-refractivity contribution >= 4 is 11.7 Å². The van der Waals surface area contributed by atoms with Gasteiger partial charge in [-0.05, 0) is 69.8 Å². The summed E-state index contributed by atoms with van der Waals surface area (Å²) in [5.74, 6) is 0.386. The van der Waals surface area contributed by atoms with E-state index < -0.39 is 0 Å². The Hall–Kier alpha value is -4.90. The maximum absolute atomic E-state index is 6.08. The maximum Gasteiger partial charge on any atom is 0.318 e. The van der Waals surface area contributed by atoms with Crippen molar-refractivity contribution in [2.75, 3.05) is 26.0 Å². The molecule has 6 aromatic rings. The largest absolute Gasteiger partial charge is 0.402 e. The molecule has 0 amide bonds. The lowest BCUT2D eigenvalue weighted by molar-refractivity contribution is 0.402. The molecule has 11 heteroatoms. The summed E-state index contributed by atoms with van der Waals surface area (Å²) in [6, 6.07) is 10.7. The van der Waals surface area contributed by atoms with Crippen molar-refractivity contribution in [3.05, 3.63) is 83.2 Å². The van der Waals surface area contributed by atoms with E-state index in [1.165, 1.54) is 5.56 Å². The van der Waals surface area contributed by atoms with Crippen LogP contribution in [-0.4, -0.2) is 65.4 Å². The van der Waals surface area contributed by atoms with Crippen LogP contribution >= 0.6 is 0 Å². The molecule has 0 aliphatic rings. The quantitative estimate of drug-likeness (QED) is 0.257. The zero-order valence-corrected chi connectivity index (χ0v) is 25.0. The van der Waals surface area contributed by atoms with Gasteiger partial charge in [0, 0.05) is 62.6 Å². The fraction of sp³-hybridized carbons (Fsp3) is 0.290. The monoisotopic (exact) mass is 562 g/mol. The Kier molecular flexibility index (Phi) is 7.03. The van der Waals surface area contributed by atoms with E-state index in [-0.39, 0.29) is 0 Å². The minimum absolute atomic E-state index is 0.386. The third-order valence-corrected chi connectivity index (χ3v) is 7.39. The molecule has 0 aromatic carbocycles. The zero-order chi connectivity index (χ0) is 29.5. The van der Waals surface area contributed by atoms with Crippen molar-refractivity contribution in [1.29, 1.82) is 0 Å². The van der Waals surface area contributed by atoms with Crippen LogP contribution < -0.4 is 4.90 Å². The molecule has 0 atom stereocenters. The van der Waals surface area contributed by atoms with Gasteiger partial charge in [0.2, 0.25) is 0 Å². The first-order valence-corrected chi connectivity index (χ1v) is 13.8. The Balaban J connectivity index is 1.21. The van der Waals surface area contributed by atoms with Crippen LogP contribution in [-0.2, 0) is 20.1 Å². The predicted octanol–water partition coefficient (Wildman–Crippen LogP) is 4.87. The average Bonchev–Trinajstić information content (AvgIpc) is 3.66. The number of aromatic nitrogens is 8. The number of rotatable bonds is 8. The highest BCUT2D eigenvalue weighted by Gasteiger charge is 2.19. The number of fused-ring (bicyclic) bond motifs is 1. The fourth-order valence-corrected chi connectivity index (χ4v) is 5.28. The van der Waals surface area contributed by atoms with Gasteiger partial charge in [0.05, 0.1) is 23.3 Å². The minimum atomic E-state index is 0.386. The van der Waals surface area contributed by atoms with Crippen molar-refractivity contribution in [2.24, 2.45) is 7.05 Å². The maximum atomic E-state index is 6.08. The number of hydrogen-bond donors (Lipinski definition) is 0. The van der Waals surface area contributed by atoms with E-state index >= 15 is 0 Å². The van der Waals surface area contributed by atoms with Crippen molar-refractivity contribution < 1.29 is 4.42 Å². The smallest absolute Gasteiger partial charge is 0.318 e. The Morgan fingerprint density at radius 2 is 1.67 bits per heavy atom. The van der Waals surface area contributed by atoms with Gasteiger partial charge in [-0.25, -0.2) is 4.98 Å². The highest BCUT2D eigenvalue weighted by atomic mass is 16.4. The van der Waals surface area contributed by atoms with Crippen LogP contribution in [0.2, 0.25) is 0 Å². The van der Waals surface area contributed by atoms with E-state index in [9.17, 15) is 0 Å². The van der Waals surface area contributed by atoms with Gasteiger partial charge in [0.1, 0.15) is 11.3 Å². The number of imidazole rings is 1. The van der Waals surface area contributed by atoms with Crippen LogP contribution in [0, 0.1) is 20.8 Å². The van der Waals surface area contributed by atoms with E-state index in [0.717, 1.165) is 57.2 Å². The van der Waals surface area contributed by atoms with Crippen LogP contribution in [0.4, 0.5) is 6.01 Å². The Bertz CT molecular complexity index is 1880. The van der Waals surface area contributed by atoms with Crippen LogP contribution in [0.3, 0.4) is 0 Å². The number of pyridine rings is 3. The molecule has 6 rings (SSSR count). The summed E-state index contributed by atoms with van der Waals surface area (Å²) in [4.78, 5) is 18.0. The van der Waals surface area contributed by atoms with Gasteiger partial charge in [-0.2, -0.15) is 5.10 Å². The third-order valence-electron chi connectivity index (χ3n) is 7.39. The molecule has 0 fully saturated rings. The van der Waals surface area contributed by atoms with Crippen LogP contribution in [0.1, 0.15) is 28.1 Å². The second kappa shape index (κ2) is 10.8. The topological polar surface area (TPSA) is 106 Å². The minimum Gasteiger partial charge on any atom is -0.402 e. The molecule has 0 spiro atoms. The number of nitrogens with zero attached hydrogens (tertiary/aromatic N) is 10. The second-order valence-corrected chi connectivity index (χ2v) is 11.0. The molecule has 0 radical (unpaired) electrons. The van der Waals surface area contributed by atoms with E-state index in [2.05, 4.69) is 65.9 Å². The van der Waals surface area contributed by atoms with Gasteiger partial charge in [-0.15, -0.1) is 5.10 Å². The molecule has 0 saturated heterocycles. The van der Waals surface area contributed by atoms with Gasteiger partial charge in [0.15, 0.2) is 0 Å². The zero-order valence-electron chi connectivity index (χ0n) is 25.0. The summed E-state index contributed by atoms with van der Waals surface area (Å²) in [6.07, 6.45) is 7.70. The lowest BCUT2D eigenvalue weighted by Crippen LogP contribution is -2.17. The molecule has 6 aromatic heterocycles. The normalized spacial score (nSPS) is 11.6. The SMILES string of the molecule is Cc1cc(-c2c(C)nn(C)c2C)cnc1-c1nnc(N(C)Cc2ccc3ncc(-c4ccc(CN(C)C)cn4)n3c2)o1. The van der Waals surface area contributed by atoms with E-state index in [1.54, 1.807) is 0 Å². The summed E-state index contributed by atoms with van der Waals surface area (Å²) in [7, 11) is 7.98. The number of aryl methyl sites for hydroxylation is 3. The summed E-state index contributed by atoms with van der Waals surface area (Å²) in [6.45, 7) is 7.49. The third kappa shape index (κ3) is 5.14. The van der Waals surface area contributed by atoms with Gasteiger partial charge >= 0.3 is 6.01 Å². The molecule has 0 aliphatic carbocycles. The van der Waals surface area contributed by atoms with E-state index in [4.69, 9.17) is 9.40 Å². The van der Waals surface area contributed by atoms with Crippen molar-refractivity contribution in [1.82, 2.24) is 44.2 Å². The highest BCUT2D eigenvalue weighted by Crippen LogP contribution is 2.30. The summed E-state index contributed by atoms with van der Waals surface area (Å²) >= 11 is 0. The summed E-state index contributed by atoms with van der Waals surface area (Å²) in [5.41, 5.74) is 10.7. The molecular weight excluding hydrogens is 528 g/mol. The lowest BCUT2D eigenvalue weighted by atomic mass is 10.0. The molecule has 6 heterocycles.